The van der Waals surface area contributed by atoms with Crippen molar-refractivity contribution in [1.82, 2.24) is 14.5 Å². The van der Waals surface area contributed by atoms with Crippen LogP contribution in [0.2, 0.25) is 5.02 Å². The van der Waals surface area contributed by atoms with Gasteiger partial charge in [0.15, 0.2) is 0 Å². The van der Waals surface area contributed by atoms with Crippen molar-refractivity contribution in [3.63, 3.8) is 0 Å². The van der Waals surface area contributed by atoms with Crippen LogP contribution in [0.1, 0.15) is 54.0 Å². The number of aromatic carboxylic acids is 1. The first-order valence-electron chi connectivity index (χ1n) is 11.0. The van der Waals surface area contributed by atoms with E-state index in [1.165, 1.54) is 25.7 Å². The molecule has 168 valence electrons. The second-order valence-corrected chi connectivity index (χ2v) is 10.0. The molecule has 5 rings (SSSR count). The Morgan fingerprint density at radius 1 is 1.34 bits per heavy atom. The lowest BCUT2D eigenvalue weighted by atomic mass is 10.2. The molecule has 0 unspecified atom stereocenters. The lowest BCUT2D eigenvalue weighted by molar-refractivity contribution is 0.0684. The van der Waals surface area contributed by atoms with E-state index < -0.39 is 5.97 Å². The third kappa shape index (κ3) is 4.26. The van der Waals surface area contributed by atoms with Gasteiger partial charge in [-0.15, -0.1) is 11.8 Å². The van der Waals surface area contributed by atoms with E-state index in [9.17, 15) is 9.90 Å². The van der Waals surface area contributed by atoms with Crippen LogP contribution in [0.3, 0.4) is 0 Å². The number of imidazole rings is 1. The Kier molecular flexibility index (Phi) is 5.90. The van der Waals surface area contributed by atoms with Crippen molar-refractivity contribution in [1.29, 1.82) is 0 Å². The van der Waals surface area contributed by atoms with Crippen LogP contribution in [-0.2, 0) is 6.54 Å². The molecule has 32 heavy (non-hydrogen) atoms. The van der Waals surface area contributed by atoms with Crippen LogP contribution in [0.25, 0.3) is 10.9 Å². The first-order valence-corrected chi connectivity index (χ1v) is 12.4. The minimum Gasteiger partial charge on any atom is -0.477 e. The zero-order chi connectivity index (χ0) is 22.2. The number of fused-ring (bicyclic) bond motifs is 1. The van der Waals surface area contributed by atoms with Gasteiger partial charge in [-0.25, -0.2) is 9.78 Å². The van der Waals surface area contributed by atoms with E-state index in [0.717, 1.165) is 44.5 Å². The average Bonchev–Trinajstić information content (AvgIpc) is 3.52. The van der Waals surface area contributed by atoms with Crippen LogP contribution >= 0.6 is 23.4 Å². The Hall–Kier alpha value is -2.45. The Morgan fingerprint density at radius 2 is 2.16 bits per heavy atom. The molecule has 1 saturated carbocycles. The largest absolute Gasteiger partial charge is 0.477 e. The van der Waals surface area contributed by atoms with Gasteiger partial charge in [0.1, 0.15) is 10.7 Å². The summed E-state index contributed by atoms with van der Waals surface area (Å²) < 4.78 is 1.71. The number of carboxylic acid groups (broad SMARTS) is 1. The number of hydrogen-bond donors (Lipinski definition) is 3. The number of hydrogen-bond acceptors (Lipinski definition) is 5. The first-order chi connectivity index (χ1) is 15.5. The molecule has 0 radical (unpaired) electrons. The zero-order valence-electron chi connectivity index (χ0n) is 17.9. The Labute approximate surface area is 195 Å². The number of H-pyrrole nitrogens is 1. The molecule has 2 aromatic heterocycles. The SMILES string of the molecule is Cc1ncn(CC[C@@H]2CSC(c3cc4cc(Cl)cc(NC5CCCC5)c4[nH]3)=N2)c1C(=O)O. The van der Waals surface area contributed by atoms with Crippen molar-refractivity contribution in [2.24, 2.45) is 4.99 Å². The van der Waals surface area contributed by atoms with E-state index in [0.29, 0.717) is 18.3 Å². The summed E-state index contributed by atoms with van der Waals surface area (Å²) in [5, 5.41) is 15.9. The summed E-state index contributed by atoms with van der Waals surface area (Å²) >= 11 is 8.14. The lowest BCUT2D eigenvalue weighted by Crippen LogP contribution is -2.14. The molecular weight excluding hydrogens is 446 g/mol. The molecule has 1 aliphatic heterocycles. The van der Waals surface area contributed by atoms with E-state index in [-0.39, 0.29) is 11.7 Å². The Morgan fingerprint density at radius 3 is 2.94 bits per heavy atom. The van der Waals surface area contributed by atoms with Crippen molar-refractivity contribution >= 4 is 51.0 Å². The number of benzene rings is 1. The minimum atomic E-state index is -0.941. The van der Waals surface area contributed by atoms with Crippen molar-refractivity contribution in [3.8, 4) is 0 Å². The van der Waals surface area contributed by atoms with Crippen LogP contribution in [0, 0.1) is 6.92 Å². The number of thioether (sulfide) groups is 1. The maximum atomic E-state index is 11.5. The summed E-state index contributed by atoms with van der Waals surface area (Å²) in [6.07, 6.45) is 7.33. The van der Waals surface area contributed by atoms with Gasteiger partial charge >= 0.3 is 5.97 Å². The van der Waals surface area contributed by atoms with Gasteiger partial charge in [0.2, 0.25) is 0 Å². The van der Waals surface area contributed by atoms with Gasteiger partial charge in [0.25, 0.3) is 0 Å². The predicted molar refractivity (Wildman–Crippen MR) is 131 cm³/mol. The first kappa shape index (κ1) is 21.4. The van der Waals surface area contributed by atoms with Gasteiger partial charge in [0, 0.05) is 28.7 Å². The van der Waals surface area contributed by atoms with E-state index >= 15 is 0 Å². The van der Waals surface area contributed by atoms with Crippen molar-refractivity contribution in [2.75, 3.05) is 11.1 Å². The molecule has 3 aromatic rings. The van der Waals surface area contributed by atoms with Gasteiger partial charge in [-0.3, -0.25) is 4.99 Å². The Bertz CT molecular complexity index is 1190. The molecule has 1 aliphatic carbocycles. The molecule has 0 saturated heterocycles. The quantitative estimate of drug-likeness (QED) is 0.432. The zero-order valence-corrected chi connectivity index (χ0v) is 19.5. The van der Waals surface area contributed by atoms with E-state index in [4.69, 9.17) is 16.6 Å². The summed E-state index contributed by atoms with van der Waals surface area (Å²) in [5.41, 5.74) is 3.94. The molecule has 0 bridgehead atoms. The lowest BCUT2D eigenvalue weighted by Gasteiger charge is -2.14. The predicted octanol–water partition coefficient (Wildman–Crippen LogP) is 5.33. The fourth-order valence-corrected chi connectivity index (χ4v) is 5.96. The van der Waals surface area contributed by atoms with E-state index in [1.54, 1.807) is 29.6 Å². The Balaban J connectivity index is 1.33. The van der Waals surface area contributed by atoms with Gasteiger partial charge < -0.3 is 20.0 Å². The monoisotopic (exact) mass is 471 g/mol. The summed E-state index contributed by atoms with van der Waals surface area (Å²) in [5.74, 6) is -0.0573. The van der Waals surface area contributed by atoms with Crippen molar-refractivity contribution in [2.45, 2.75) is 57.7 Å². The standard InChI is InChI=1S/C23H26ClN5O2S/c1-13-21(23(30)31)29(12-25-13)7-6-17-11-32-22(27-17)19-9-14-8-15(24)10-18(20(14)28-19)26-16-4-2-3-5-16/h8-10,12,16-17,26,28H,2-7,11H2,1H3,(H,30,31)/t17-/m1/s1. The molecule has 3 N–H and O–H groups in total. The second kappa shape index (κ2) is 8.83. The van der Waals surface area contributed by atoms with Crippen LogP contribution in [0.5, 0.6) is 0 Å². The highest BCUT2D eigenvalue weighted by Gasteiger charge is 2.23. The van der Waals surface area contributed by atoms with Crippen LogP contribution < -0.4 is 5.32 Å². The number of aromatic nitrogens is 3. The maximum Gasteiger partial charge on any atom is 0.354 e. The van der Waals surface area contributed by atoms with Crippen molar-refractivity contribution in [3.05, 3.63) is 46.6 Å². The molecule has 1 aromatic carbocycles. The average molecular weight is 472 g/mol. The minimum absolute atomic E-state index is 0.144. The summed E-state index contributed by atoms with van der Waals surface area (Å²) in [6.45, 7) is 2.31. The normalized spacial score (nSPS) is 19.1. The number of aryl methyl sites for hydroxylation is 2. The molecule has 0 amide bonds. The van der Waals surface area contributed by atoms with Gasteiger partial charge in [0.05, 0.1) is 35.0 Å². The molecule has 7 nitrogen and oxygen atoms in total. The number of carboxylic acids is 1. The van der Waals surface area contributed by atoms with E-state index in [2.05, 4.69) is 21.4 Å². The van der Waals surface area contributed by atoms with Gasteiger partial charge in [-0.05, 0) is 44.4 Å². The smallest absolute Gasteiger partial charge is 0.354 e. The molecule has 1 atom stereocenters. The van der Waals surface area contributed by atoms with Crippen molar-refractivity contribution < 1.29 is 9.90 Å². The molecule has 9 heteroatoms. The molecule has 3 heterocycles. The second-order valence-electron chi connectivity index (χ2n) is 8.59. The molecule has 2 aliphatic rings. The topological polar surface area (TPSA) is 95.3 Å². The van der Waals surface area contributed by atoms with E-state index in [1.807, 2.05) is 12.1 Å². The number of nitrogens with zero attached hydrogens (tertiary/aromatic N) is 3. The van der Waals surface area contributed by atoms with Gasteiger partial charge in [-0.2, -0.15) is 0 Å². The summed E-state index contributed by atoms with van der Waals surface area (Å²) in [7, 11) is 0. The number of anilines is 1. The van der Waals surface area contributed by atoms with Gasteiger partial charge in [-0.1, -0.05) is 24.4 Å². The summed E-state index contributed by atoms with van der Waals surface area (Å²) in [6, 6.07) is 6.77. The number of aromatic amines is 1. The van der Waals surface area contributed by atoms with Crippen LogP contribution in [0.15, 0.2) is 29.5 Å². The highest BCUT2D eigenvalue weighted by Crippen LogP contribution is 2.33. The highest BCUT2D eigenvalue weighted by molar-refractivity contribution is 8.14. The molecule has 1 fully saturated rings. The summed E-state index contributed by atoms with van der Waals surface area (Å²) in [4.78, 5) is 24.1. The molecule has 0 spiro atoms. The number of carbonyl (C=O) groups is 1. The fraction of sp³-hybridized carbons (Fsp3) is 0.435. The third-order valence-electron chi connectivity index (χ3n) is 6.28. The number of nitrogens with one attached hydrogen (secondary N) is 2. The molecular formula is C23H26ClN5O2S. The number of aliphatic imine (C=N–C) groups is 1. The number of rotatable bonds is 7. The van der Waals surface area contributed by atoms with Crippen LogP contribution in [0.4, 0.5) is 5.69 Å². The fourth-order valence-electron chi connectivity index (χ4n) is 4.66. The maximum absolute atomic E-state index is 11.5. The van der Waals surface area contributed by atoms with Crippen LogP contribution in [-0.4, -0.2) is 48.5 Å². The third-order valence-corrected chi connectivity index (χ3v) is 7.65. The number of halogens is 1. The highest BCUT2D eigenvalue weighted by atomic mass is 35.5.